The molecule has 0 aromatic rings. The van der Waals surface area contributed by atoms with Crippen LogP contribution in [0.4, 0.5) is 0 Å². The number of ether oxygens (including phenoxy) is 1. The van der Waals surface area contributed by atoms with Gasteiger partial charge in [0.2, 0.25) is 5.91 Å². The van der Waals surface area contributed by atoms with Crippen LogP contribution in [0.3, 0.4) is 0 Å². The zero-order chi connectivity index (χ0) is 20.1. The quantitative estimate of drug-likeness (QED) is 0.660. The van der Waals surface area contributed by atoms with E-state index >= 15 is 0 Å². The second kappa shape index (κ2) is 9.37. The summed E-state index contributed by atoms with van der Waals surface area (Å²) in [5.41, 5.74) is -1.74. The molecule has 2 atom stereocenters. The number of aliphatic hydroxyl groups excluding tert-OH is 1. The van der Waals surface area contributed by atoms with Crippen molar-refractivity contribution in [2.75, 3.05) is 26.3 Å². The summed E-state index contributed by atoms with van der Waals surface area (Å²) in [6.45, 7) is 6.18. The van der Waals surface area contributed by atoms with Crippen molar-refractivity contribution in [3.8, 4) is 0 Å². The highest BCUT2D eigenvalue weighted by molar-refractivity contribution is 5.79. The Balaban J connectivity index is 1.97. The third kappa shape index (κ3) is 5.44. The van der Waals surface area contributed by atoms with Crippen molar-refractivity contribution in [3.05, 3.63) is 0 Å². The summed E-state index contributed by atoms with van der Waals surface area (Å²) in [7, 11) is 0. The van der Waals surface area contributed by atoms with Crippen molar-refractivity contribution >= 4 is 11.9 Å². The minimum Gasteiger partial charge on any atom is -0.463 e. The van der Waals surface area contributed by atoms with E-state index in [1.54, 1.807) is 11.8 Å². The molecule has 27 heavy (non-hydrogen) atoms. The van der Waals surface area contributed by atoms with Gasteiger partial charge in [-0.25, -0.2) is 0 Å². The first-order valence-corrected chi connectivity index (χ1v) is 10.5. The Labute approximate surface area is 163 Å². The second-order valence-corrected chi connectivity index (χ2v) is 9.06. The molecule has 156 valence electrons. The third-order valence-electron chi connectivity index (χ3n) is 6.63. The monoisotopic (exact) mass is 383 g/mol. The SMILES string of the molecule is CCC(=O)OC[C@@]1(O)CCN(C(=O)[C@H](CO)CC2CCCCC2)CC1(C)C. The first-order valence-electron chi connectivity index (χ1n) is 10.5. The maximum Gasteiger partial charge on any atom is 0.305 e. The van der Waals surface area contributed by atoms with Gasteiger partial charge >= 0.3 is 5.97 Å². The van der Waals surface area contributed by atoms with E-state index in [2.05, 4.69) is 0 Å². The summed E-state index contributed by atoms with van der Waals surface area (Å²) >= 11 is 0. The topological polar surface area (TPSA) is 87.1 Å². The minimum absolute atomic E-state index is 0.0104. The molecule has 1 aliphatic heterocycles. The number of hydrogen-bond acceptors (Lipinski definition) is 5. The highest BCUT2D eigenvalue weighted by atomic mass is 16.5. The highest BCUT2D eigenvalue weighted by Crippen LogP contribution is 2.40. The van der Waals surface area contributed by atoms with Gasteiger partial charge in [-0.3, -0.25) is 9.59 Å². The zero-order valence-corrected chi connectivity index (χ0v) is 17.2. The Morgan fingerprint density at radius 2 is 1.89 bits per heavy atom. The van der Waals surface area contributed by atoms with Crippen molar-refractivity contribution in [2.45, 2.75) is 77.7 Å². The molecular formula is C21H37NO5. The van der Waals surface area contributed by atoms with E-state index in [0.29, 0.717) is 25.4 Å². The van der Waals surface area contributed by atoms with Gasteiger partial charge in [-0.15, -0.1) is 0 Å². The fourth-order valence-corrected chi connectivity index (χ4v) is 4.46. The average Bonchev–Trinajstić information content (AvgIpc) is 2.66. The average molecular weight is 384 g/mol. The number of amides is 1. The molecule has 0 spiro atoms. The highest BCUT2D eigenvalue weighted by Gasteiger charge is 2.50. The first-order chi connectivity index (χ1) is 12.7. The fourth-order valence-electron chi connectivity index (χ4n) is 4.46. The smallest absolute Gasteiger partial charge is 0.305 e. The van der Waals surface area contributed by atoms with Gasteiger partial charge in [0.25, 0.3) is 0 Å². The van der Waals surface area contributed by atoms with Crippen molar-refractivity contribution < 1.29 is 24.5 Å². The standard InChI is InChI=1S/C21H37NO5/c1-4-18(24)27-15-21(26)10-11-22(14-20(21,2)3)19(25)17(13-23)12-16-8-6-5-7-9-16/h16-17,23,26H,4-15H2,1-3H3/t17-,21-/m0/s1. The van der Waals surface area contributed by atoms with Gasteiger partial charge in [0.15, 0.2) is 0 Å². The molecule has 1 amide bonds. The molecule has 0 aromatic heterocycles. The van der Waals surface area contributed by atoms with Gasteiger partial charge in [-0.2, -0.15) is 0 Å². The zero-order valence-electron chi connectivity index (χ0n) is 17.2. The molecule has 1 saturated heterocycles. The summed E-state index contributed by atoms with van der Waals surface area (Å²) in [5.74, 6) is -0.162. The van der Waals surface area contributed by atoms with Crippen LogP contribution >= 0.6 is 0 Å². The molecule has 2 fully saturated rings. The van der Waals surface area contributed by atoms with Gasteiger partial charge < -0.3 is 19.8 Å². The summed E-state index contributed by atoms with van der Waals surface area (Å²) < 4.78 is 5.20. The Morgan fingerprint density at radius 3 is 2.44 bits per heavy atom. The number of carbonyl (C=O) groups is 2. The molecule has 1 heterocycles. The van der Waals surface area contributed by atoms with E-state index in [9.17, 15) is 19.8 Å². The lowest BCUT2D eigenvalue weighted by Gasteiger charge is -2.50. The van der Waals surface area contributed by atoms with Crippen molar-refractivity contribution in [3.63, 3.8) is 0 Å². The van der Waals surface area contributed by atoms with Crippen molar-refractivity contribution in [1.82, 2.24) is 4.90 Å². The molecule has 0 bridgehead atoms. The van der Waals surface area contributed by atoms with E-state index in [1.165, 1.54) is 19.3 Å². The van der Waals surface area contributed by atoms with E-state index in [-0.39, 0.29) is 37.4 Å². The second-order valence-electron chi connectivity index (χ2n) is 9.06. The molecule has 2 aliphatic rings. The minimum atomic E-state index is -1.15. The molecule has 6 heteroatoms. The van der Waals surface area contributed by atoms with Crippen LogP contribution in [0.2, 0.25) is 0 Å². The van der Waals surface area contributed by atoms with Crippen LogP contribution in [0.1, 0.15) is 72.1 Å². The maximum atomic E-state index is 13.0. The number of nitrogens with zero attached hydrogens (tertiary/aromatic N) is 1. The number of hydrogen-bond donors (Lipinski definition) is 2. The van der Waals surface area contributed by atoms with Gasteiger partial charge in [-0.1, -0.05) is 52.9 Å². The Kier molecular flexibility index (Phi) is 7.69. The van der Waals surface area contributed by atoms with Crippen LogP contribution in [0, 0.1) is 17.3 Å². The lowest BCUT2D eigenvalue weighted by Crippen LogP contribution is -2.61. The summed E-state index contributed by atoms with van der Waals surface area (Å²) in [5, 5.41) is 20.8. The summed E-state index contributed by atoms with van der Waals surface area (Å²) in [6, 6.07) is 0. The molecule has 6 nitrogen and oxygen atoms in total. The lowest BCUT2D eigenvalue weighted by molar-refractivity contribution is -0.179. The molecule has 1 aliphatic carbocycles. The van der Waals surface area contributed by atoms with Gasteiger partial charge in [0.05, 0.1) is 12.5 Å². The Morgan fingerprint density at radius 1 is 1.22 bits per heavy atom. The molecule has 2 rings (SSSR count). The fraction of sp³-hybridized carbons (Fsp3) is 0.905. The van der Waals surface area contributed by atoms with E-state index in [1.807, 2.05) is 13.8 Å². The number of esters is 1. The normalized spacial score (nSPS) is 27.2. The van der Waals surface area contributed by atoms with Crippen LogP contribution in [-0.4, -0.2) is 58.9 Å². The molecule has 0 unspecified atom stereocenters. The number of rotatable bonds is 7. The Hall–Kier alpha value is -1.14. The Bertz CT molecular complexity index is 515. The molecular weight excluding hydrogens is 346 g/mol. The number of carbonyl (C=O) groups excluding carboxylic acids is 2. The van der Waals surface area contributed by atoms with E-state index in [0.717, 1.165) is 19.3 Å². The predicted octanol–water partition coefficient (Wildman–Crippen LogP) is 2.51. The number of piperidine rings is 1. The largest absolute Gasteiger partial charge is 0.463 e. The summed E-state index contributed by atoms with van der Waals surface area (Å²) in [6.07, 6.45) is 7.41. The number of likely N-dealkylation sites (tertiary alicyclic amines) is 1. The molecule has 0 radical (unpaired) electrons. The van der Waals surface area contributed by atoms with Crippen LogP contribution in [0.25, 0.3) is 0 Å². The van der Waals surface area contributed by atoms with Gasteiger partial charge in [-0.05, 0) is 18.8 Å². The summed E-state index contributed by atoms with van der Waals surface area (Å²) in [4.78, 5) is 26.3. The lowest BCUT2D eigenvalue weighted by atomic mass is 9.70. The molecule has 1 saturated carbocycles. The van der Waals surface area contributed by atoms with Crippen molar-refractivity contribution in [1.29, 1.82) is 0 Å². The van der Waals surface area contributed by atoms with E-state index < -0.39 is 11.0 Å². The van der Waals surface area contributed by atoms with Crippen LogP contribution < -0.4 is 0 Å². The first kappa shape index (κ1) is 22.2. The predicted molar refractivity (Wildman–Crippen MR) is 103 cm³/mol. The van der Waals surface area contributed by atoms with Gasteiger partial charge in [0, 0.05) is 24.9 Å². The molecule has 2 N–H and O–H groups in total. The third-order valence-corrected chi connectivity index (χ3v) is 6.63. The number of aliphatic hydroxyl groups is 2. The van der Waals surface area contributed by atoms with Crippen LogP contribution in [0.5, 0.6) is 0 Å². The van der Waals surface area contributed by atoms with E-state index in [4.69, 9.17) is 4.74 Å². The van der Waals surface area contributed by atoms with Crippen LogP contribution in [-0.2, 0) is 14.3 Å². The maximum absolute atomic E-state index is 13.0. The van der Waals surface area contributed by atoms with Crippen molar-refractivity contribution in [2.24, 2.45) is 17.3 Å². The van der Waals surface area contributed by atoms with Crippen LogP contribution in [0.15, 0.2) is 0 Å². The van der Waals surface area contributed by atoms with Gasteiger partial charge in [0.1, 0.15) is 12.2 Å². The molecule has 0 aromatic carbocycles.